The number of carbonyl (C=O) groups excluding carboxylic acids is 1. The zero-order valence-electron chi connectivity index (χ0n) is 14.3. The number of ether oxygens (including phenoxy) is 1. The van der Waals surface area contributed by atoms with Crippen molar-refractivity contribution < 1.29 is 9.53 Å². The molecule has 1 aliphatic rings. The van der Waals surface area contributed by atoms with Crippen LogP contribution in [0.3, 0.4) is 0 Å². The second-order valence-corrected chi connectivity index (χ2v) is 7.05. The summed E-state index contributed by atoms with van der Waals surface area (Å²) in [5.41, 5.74) is 2.63. The molecule has 2 rings (SSSR count). The van der Waals surface area contributed by atoms with Crippen LogP contribution in [0.25, 0.3) is 0 Å². The fraction of sp³-hybridized carbons (Fsp3) is 0.647. The van der Waals surface area contributed by atoms with Gasteiger partial charge in [0.25, 0.3) is 0 Å². The van der Waals surface area contributed by atoms with Gasteiger partial charge in [0, 0.05) is 36.2 Å². The average Bonchev–Trinajstić information content (AvgIpc) is 2.35. The van der Waals surface area contributed by atoms with Crippen LogP contribution in [0.1, 0.15) is 45.0 Å². The van der Waals surface area contributed by atoms with E-state index in [4.69, 9.17) is 4.74 Å². The van der Waals surface area contributed by atoms with Gasteiger partial charge in [-0.15, -0.1) is 0 Å². The van der Waals surface area contributed by atoms with Crippen molar-refractivity contribution in [3.8, 4) is 0 Å². The number of piperidine rings is 1. The number of hydrogen-bond donors (Lipinski definition) is 1. The number of nitrogens with zero attached hydrogens (tertiary/aromatic N) is 2. The zero-order chi connectivity index (χ0) is 16.3. The number of pyridine rings is 1. The van der Waals surface area contributed by atoms with E-state index in [-0.39, 0.29) is 12.1 Å². The van der Waals surface area contributed by atoms with Gasteiger partial charge < -0.3 is 15.0 Å². The summed E-state index contributed by atoms with van der Waals surface area (Å²) >= 11 is 0. The first kappa shape index (κ1) is 16.6. The molecule has 1 fully saturated rings. The lowest BCUT2D eigenvalue weighted by Crippen LogP contribution is -2.47. The molecule has 1 N–H and O–H groups in total. The summed E-state index contributed by atoms with van der Waals surface area (Å²) in [4.78, 5) is 18.4. The second-order valence-electron chi connectivity index (χ2n) is 7.05. The molecule has 1 aromatic heterocycles. The molecule has 0 saturated carbocycles. The molecule has 1 amide bonds. The molecule has 1 aromatic rings. The highest BCUT2D eigenvalue weighted by Crippen LogP contribution is 2.19. The maximum Gasteiger partial charge on any atom is 0.410 e. The Morgan fingerprint density at radius 3 is 2.55 bits per heavy atom. The molecule has 0 radical (unpaired) electrons. The van der Waals surface area contributed by atoms with Crippen LogP contribution in [-0.4, -0.2) is 40.7 Å². The summed E-state index contributed by atoms with van der Waals surface area (Å²) in [5.74, 6) is 0. The first-order chi connectivity index (χ1) is 10.2. The summed E-state index contributed by atoms with van der Waals surface area (Å²) in [5, 5.41) is 3.52. The molecule has 122 valence electrons. The average molecular weight is 305 g/mol. The largest absolute Gasteiger partial charge is 0.444 e. The summed E-state index contributed by atoms with van der Waals surface area (Å²) in [6.45, 7) is 11.1. The Kier molecular flexibility index (Phi) is 4.94. The van der Waals surface area contributed by atoms with Gasteiger partial charge in [-0.1, -0.05) is 0 Å². The van der Waals surface area contributed by atoms with Crippen LogP contribution in [0, 0.1) is 13.8 Å². The molecule has 5 nitrogen and oxygen atoms in total. The maximum absolute atomic E-state index is 12.2. The van der Waals surface area contributed by atoms with Crippen LogP contribution in [-0.2, 0) is 4.74 Å². The van der Waals surface area contributed by atoms with E-state index in [2.05, 4.69) is 10.3 Å². The van der Waals surface area contributed by atoms with Gasteiger partial charge >= 0.3 is 6.09 Å². The molecule has 5 heteroatoms. The predicted molar refractivity (Wildman–Crippen MR) is 88.2 cm³/mol. The van der Waals surface area contributed by atoms with Crippen LogP contribution in [0.15, 0.2) is 12.1 Å². The number of anilines is 1. The van der Waals surface area contributed by atoms with Crippen molar-refractivity contribution in [2.45, 2.75) is 59.1 Å². The van der Waals surface area contributed by atoms with Gasteiger partial charge in [0.05, 0.1) is 0 Å². The van der Waals surface area contributed by atoms with Gasteiger partial charge in [0.2, 0.25) is 0 Å². The number of rotatable bonds is 2. The fourth-order valence-corrected chi connectivity index (χ4v) is 2.74. The predicted octanol–water partition coefficient (Wildman–Crippen LogP) is 3.51. The van der Waals surface area contributed by atoms with E-state index < -0.39 is 5.60 Å². The molecule has 1 saturated heterocycles. The zero-order valence-corrected chi connectivity index (χ0v) is 14.3. The van der Waals surface area contributed by atoms with E-state index >= 15 is 0 Å². The van der Waals surface area contributed by atoms with Gasteiger partial charge in [0.15, 0.2) is 0 Å². The normalized spacial score (nSPS) is 19.0. The molecule has 0 aromatic carbocycles. The van der Waals surface area contributed by atoms with Gasteiger partial charge in [-0.3, -0.25) is 4.98 Å². The van der Waals surface area contributed by atoms with Gasteiger partial charge in [-0.2, -0.15) is 0 Å². The van der Waals surface area contributed by atoms with E-state index in [0.717, 1.165) is 36.5 Å². The van der Waals surface area contributed by atoms with Gasteiger partial charge in [-0.25, -0.2) is 4.79 Å². The molecule has 22 heavy (non-hydrogen) atoms. The first-order valence-electron chi connectivity index (χ1n) is 7.93. The third-order valence-corrected chi connectivity index (χ3v) is 3.53. The second kappa shape index (κ2) is 6.55. The van der Waals surface area contributed by atoms with Gasteiger partial charge in [0.1, 0.15) is 5.60 Å². The number of aryl methyl sites for hydroxylation is 2. The smallest absolute Gasteiger partial charge is 0.410 e. The van der Waals surface area contributed by atoms with Crippen molar-refractivity contribution in [2.75, 3.05) is 18.4 Å². The summed E-state index contributed by atoms with van der Waals surface area (Å²) < 4.78 is 5.46. The Morgan fingerprint density at radius 1 is 1.32 bits per heavy atom. The SMILES string of the molecule is Cc1cc(N[C@H]2CCCN(C(=O)OC(C)(C)C)C2)cc(C)n1. The lowest BCUT2D eigenvalue weighted by Gasteiger charge is -2.34. The van der Waals surface area contributed by atoms with E-state index in [1.807, 2.05) is 46.8 Å². The van der Waals surface area contributed by atoms with E-state index in [0.29, 0.717) is 6.54 Å². The van der Waals surface area contributed by atoms with Crippen LogP contribution < -0.4 is 5.32 Å². The number of likely N-dealkylation sites (tertiary alicyclic amines) is 1. The van der Waals surface area contributed by atoms with Crippen molar-refractivity contribution >= 4 is 11.8 Å². The number of nitrogens with one attached hydrogen (secondary N) is 1. The third-order valence-electron chi connectivity index (χ3n) is 3.53. The number of aromatic nitrogens is 1. The highest BCUT2D eigenvalue weighted by molar-refractivity contribution is 5.68. The number of amides is 1. The molecule has 1 aliphatic heterocycles. The van der Waals surface area contributed by atoms with Crippen LogP contribution in [0.5, 0.6) is 0 Å². The summed E-state index contributed by atoms with van der Waals surface area (Å²) in [7, 11) is 0. The third kappa shape index (κ3) is 4.90. The molecule has 0 aliphatic carbocycles. The highest BCUT2D eigenvalue weighted by Gasteiger charge is 2.27. The highest BCUT2D eigenvalue weighted by atomic mass is 16.6. The Balaban J connectivity index is 1.97. The van der Waals surface area contributed by atoms with E-state index in [1.165, 1.54) is 0 Å². The summed E-state index contributed by atoms with van der Waals surface area (Å²) in [6.07, 6.45) is 1.82. The Bertz CT molecular complexity index is 517. The number of hydrogen-bond acceptors (Lipinski definition) is 4. The number of carbonyl (C=O) groups is 1. The van der Waals surface area contributed by atoms with E-state index in [9.17, 15) is 4.79 Å². The standard InChI is InChI=1S/C17H27N3O2/c1-12-9-15(10-13(2)18-12)19-14-7-6-8-20(11-14)16(21)22-17(3,4)5/h9-10,14H,6-8,11H2,1-5H3,(H,18,19)/t14-/m0/s1. The Morgan fingerprint density at radius 2 is 1.95 bits per heavy atom. The molecule has 2 heterocycles. The lowest BCUT2D eigenvalue weighted by atomic mass is 10.1. The molecule has 1 atom stereocenters. The van der Waals surface area contributed by atoms with Crippen molar-refractivity contribution in [3.63, 3.8) is 0 Å². The fourth-order valence-electron chi connectivity index (χ4n) is 2.74. The molecular weight excluding hydrogens is 278 g/mol. The van der Waals surface area contributed by atoms with Crippen molar-refractivity contribution in [3.05, 3.63) is 23.5 Å². The van der Waals surface area contributed by atoms with Gasteiger partial charge in [-0.05, 0) is 59.6 Å². The monoisotopic (exact) mass is 305 g/mol. The first-order valence-corrected chi connectivity index (χ1v) is 7.93. The minimum absolute atomic E-state index is 0.221. The Hall–Kier alpha value is -1.78. The van der Waals surface area contributed by atoms with Crippen molar-refractivity contribution in [1.29, 1.82) is 0 Å². The minimum Gasteiger partial charge on any atom is -0.444 e. The van der Waals surface area contributed by atoms with Crippen LogP contribution in [0.4, 0.5) is 10.5 Å². The molecule has 0 bridgehead atoms. The quantitative estimate of drug-likeness (QED) is 0.908. The topological polar surface area (TPSA) is 54.5 Å². The molecule has 0 unspecified atom stereocenters. The Labute approximate surface area is 133 Å². The minimum atomic E-state index is -0.448. The van der Waals surface area contributed by atoms with Crippen LogP contribution >= 0.6 is 0 Å². The van der Waals surface area contributed by atoms with Crippen molar-refractivity contribution in [1.82, 2.24) is 9.88 Å². The lowest BCUT2D eigenvalue weighted by molar-refractivity contribution is 0.0206. The maximum atomic E-state index is 12.2. The summed E-state index contributed by atoms with van der Waals surface area (Å²) in [6, 6.07) is 4.33. The molecular formula is C17H27N3O2. The van der Waals surface area contributed by atoms with Crippen molar-refractivity contribution in [2.24, 2.45) is 0 Å². The molecule has 0 spiro atoms. The van der Waals surface area contributed by atoms with E-state index in [1.54, 1.807) is 4.90 Å². The van der Waals surface area contributed by atoms with Crippen LogP contribution in [0.2, 0.25) is 0 Å².